The van der Waals surface area contributed by atoms with Gasteiger partial charge in [0.2, 0.25) is 0 Å². The number of nitrogens with one attached hydrogen (secondary N) is 1. The fourth-order valence-corrected chi connectivity index (χ4v) is 3.17. The normalized spacial score (nSPS) is 11.4. The van der Waals surface area contributed by atoms with Gasteiger partial charge in [-0.2, -0.15) is 0 Å². The second-order valence-electron chi connectivity index (χ2n) is 9.39. The van der Waals surface area contributed by atoms with Crippen molar-refractivity contribution in [2.45, 2.75) is 6.42 Å². The van der Waals surface area contributed by atoms with E-state index in [9.17, 15) is 4.79 Å². The summed E-state index contributed by atoms with van der Waals surface area (Å²) in [5.41, 5.74) is 0. The number of hydrogen-bond donors (Lipinski definition) is 1. The molecule has 0 fully saturated rings. The van der Waals surface area contributed by atoms with Crippen molar-refractivity contribution in [2.24, 2.45) is 0 Å². The van der Waals surface area contributed by atoms with Gasteiger partial charge in [-0.1, -0.05) is 0 Å². The van der Waals surface area contributed by atoms with Crippen LogP contribution in [0.5, 0.6) is 0 Å². The average Bonchev–Trinajstić information content (AvgIpc) is 3.08. The zero-order valence-electron chi connectivity index (χ0n) is 28.9. The van der Waals surface area contributed by atoms with Gasteiger partial charge in [0.15, 0.2) is 0 Å². The molecule has 0 rings (SSSR count). The molecule has 16 nitrogen and oxygen atoms in total. The number of ether oxygens (including phenoxy) is 14. The van der Waals surface area contributed by atoms with Gasteiger partial charge in [0.05, 0.1) is 185 Å². The third kappa shape index (κ3) is 42.9. The van der Waals surface area contributed by atoms with Gasteiger partial charge in [0, 0.05) is 6.54 Å². The van der Waals surface area contributed by atoms with Crippen molar-refractivity contribution in [1.29, 1.82) is 0 Å². The van der Waals surface area contributed by atoms with Crippen molar-refractivity contribution in [3.8, 4) is 0 Å². The summed E-state index contributed by atoms with van der Waals surface area (Å²) in [5, 5.41) is 3.02. The Morgan fingerprint density at radius 2 is 0.532 bits per heavy atom. The molecule has 0 aliphatic rings. The third-order valence-electron chi connectivity index (χ3n) is 5.64. The maximum absolute atomic E-state index is 10.9. The summed E-state index contributed by atoms with van der Waals surface area (Å²) in [6, 6.07) is 0. The van der Waals surface area contributed by atoms with E-state index in [1.54, 1.807) is 0 Å². The molecular weight excluding hydrogens is 626 g/mol. The first-order chi connectivity index (χ1) is 23.3. The molecule has 0 bridgehead atoms. The molecule has 0 aromatic heterocycles. The van der Waals surface area contributed by atoms with Gasteiger partial charge in [-0.25, -0.2) is 0 Å². The minimum absolute atomic E-state index is 0.244. The zero-order chi connectivity index (χ0) is 34.0. The molecule has 1 N–H and O–H groups in total. The van der Waals surface area contributed by atoms with E-state index >= 15 is 0 Å². The molecule has 0 heterocycles. The van der Waals surface area contributed by atoms with Crippen LogP contribution in [0.25, 0.3) is 0 Å². The highest BCUT2D eigenvalue weighted by Crippen LogP contribution is 1.89. The molecule has 0 saturated carbocycles. The quantitative estimate of drug-likeness (QED) is 0.0673. The molecule has 0 aromatic carbocycles. The van der Waals surface area contributed by atoms with Crippen molar-refractivity contribution in [3.05, 3.63) is 0 Å². The summed E-state index contributed by atoms with van der Waals surface area (Å²) in [6.45, 7) is 14.0. The van der Waals surface area contributed by atoms with E-state index in [-0.39, 0.29) is 12.4 Å². The van der Waals surface area contributed by atoms with Crippen LogP contribution in [-0.2, 0) is 71.1 Å². The van der Waals surface area contributed by atoms with Crippen LogP contribution in [0, 0.1) is 0 Å². The van der Waals surface area contributed by atoms with Crippen LogP contribution in [-0.4, -0.2) is 198 Å². The smallest absolute Gasteiger partial charge is 0.307 e. The highest BCUT2D eigenvalue weighted by molar-refractivity contribution is 5.69. The molecule has 0 aliphatic carbocycles. The van der Waals surface area contributed by atoms with Crippen LogP contribution in [0.15, 0.2) is 0 Å². The number of rotatable bonds is 42. The van der Waals surface area contributed by atoms with Gasteiger partial charge in [0.1, 0.15) is 0 Å². The monoisotopic (exact) mass is 689 g/mol. The Kier molecular flexibility index (Phi) is 41.9. The van der Waals surface area contributed by atoms with Crippen molar-refractivity contribution in [3.63, 3.8) is 0 Å². The van der Waals surface area contributed by atoms with Gasteiger partial charge in [-0.3, -0.25) is 4.79 Å². The van der Waals surface area contributed by atoms with Gasteiger partial charge >= 0.3 is 5.97 Å². The highest BCUT2D eigenvalue weighted by Gasteiger charge is 2.00. The van der Waals surface area contributed by atoms with Gasteiger partial charge < -0.3 is 71.6 Å². The maximum Gasteiger partial charge on any atom is 0.307 e. The number of methoxy groups -OCH3 is 1. The van der Waals surface area contributed by atoms with Crippen molar-refractivity contribution in [2.75, 3.05) is 192 Å². The Balaban J connectivity index is 3.05. The predicted molar refractivity (Wildman–Crippen MR) is 171 cm³/mol. The molecule has 0 radical (unpaired) electrons. The summed E-state index contributed by atoms with van der Waals surface area (Å²) in [5.74, 6) is -0.287. The van der Waals surface area contributed by atoms with E-state index < -0.39 is 0 Å². The Morgan fingerprint density at radius 3 is 0.723 bits per heavy atom. The lowest BCUT2D eigenvalue weighted by molar-refractivity contribution is -0.141. The van der Waals surface area contributed by atoms with Crippen LogP contribution in [0.2, 0.25) is 0 Å². The maximum atomic E-state index is 10.9. The number of carbonyl (C=O) groups excluding carboxylic acids is 1. The molecule has 0 aromatic rings. The third-order valence-corrected chi connectivity index (χ3v) is 5.64. The Morgan fingerprint density at radius 1 is 0.340 bits per heavy atom. The second-order valence-corrected chi connectivity index (χ2v) is 9.39. The minimum Gasteiger partial charge on any atom is -0.469 e. The number of carbonyl (C=O) groups is 1. The minimum atomic E-state index is -0.287. The lowest BCUT2D eigenvalue weighted by Gasteiger charge is -2.09. The van der Waals surface area contributed by atoms with E-state index in [4.69, 9.17) is 61.6 Å². The Bertz CT molecular complexity index is 595. The lowest BCUT2D eigenvalue weighted by atomic mass is 10.5. The molecule has 47 heavy (non-hydrogen) atoms. The first-order valence-corrected chi connectivity index (χ1v) is 16.5. The van der Waals surface area contributed by atoms with Gasteiger partial charge in [-0.05, 0) is 7.05 Å². The van der Waals surface area contributed by atoms with E-state index in [1.165, 1.54) is 7.11 Å². The summed E-state index contributed by atoms with van der Waals surface area (Å²) in [6.07, 6.45) is 0.244. The van der Waals surface area contributed by atoms with Gasteiger partial charge in [-0.15, -0.1) is 0 Å². The fourth-order valence-electron chi connectivity index (χ4n) is 3.17. The zero-order valence-corrected chi connectivity index (χ0v) is 28.9. The topological polar surface area (TPSA) is 158 Å². The van der Waals surface area contributed by atoms with E-state index in [0.29, 0.717) is 172 Å². The van der Waals surface area contributed by atoms with E-state index in [0.717, 1.165) is 6.54 Å². The SMILES string of the molecule is CNCCOCCOCCOCCOCCOCCOCCOCCOCCOCCOCCOCCOCCOCCC(=O)OC. The molecule has 16 heteroatoms. The highest BCUT2D eigenvalue weighted by atomic mass is 16.6. The number of likely N-dealkylation sites (N-methyl/N-ethyl adjacent to an activating group) is 1. The molecule has 0 unspecified atom stereocenters. The molecule has 0 atom stereocenters. The number of hydrogen-bond acceptors (Lipinski definition) is 16. The van der Waals surface area contributed by atoms with Crippen LogP contribution in [0.4, 0.5) is 0 Å². The molecule has 0 saturated heterocycles. The molecule has 0 amide bonds. The first-order valence-electron chi connectivity index (χ1n) is 16.5. The molecule has 0 spiro atoms. The van der Waals surface area contributed by atoms with Crippen LogP contribution in [0.3, 0.4) is 0 Å². The Labute approximate surface area is 281 Å². The van der Waals surface area contributed by atoms with Crippen molar-refractivity contribution in [1.82, 2.24) is 5.32 Å². The summed E-state index contributed by atoms with van der Waals surface area (Å²) < 4.78 is 75.1. The Hall–Kier alpha value is -1.09. The molecule has 0 aliphatic heterocycles. The molecular formula is C31H63NO15. The van der Waals surface area contributed by atoms with Crippen molar-refractivity contribution < 1.29 is 71.1 Å². The van der Waals surface area contributed by atoms with Crippen molar-refractivity contribution >= 4 is 5.97 Å². The standard InChI is InChI=1S/C31H63NO15/c1-32-4-6-36-8-10-38-12-14-40-16-18-42-20-22-44-24-26-46-28-30-47-29-27-45-25-23-43-21-19-41-17-15-39-13-11-37-9-7-35-5-3-31(33)34-2/h32H,3-30H2,1-2H3. The predicted octanol–water partition coefficient (Wildman–Crippen LogP) is -0.0153. The number of esters is 1. The summed E-state index contributed by atoms with van der Waals surface area (Å²) in [7, 11) is 3.24. The largest absolute Gasteiger partial charge is 0.469 e. The molecule has 282 valence electrons. The average molecular weight is 690 g/mol. The summed E-state index contributed by atoms with van der Waals surface area (Å²) in [4.78, 5) is 10.9. The van der Waals surface area contributed by atoms with E-state index in [1.807, 2.05) is 7.05 Å². The fraction of sp³-hybridized carbons (Fsp3) is 0.968. The first kappa shape index (κ1) is 45.9. The van der Waals surface area contributed by atoms with Crippen LogP contribution < -0.4 is 5.32 Å². The van der Waals surface area contributed by atoms with E-state index in [2.05, 4.69) is 10.1 Å². The van der Waals surface area contributed by atoms with Crippen LogP contribution >= 0.6 is 0 Å². The van der Waals surface area contributed by atoms with Crippen LogP contribution in [0.1, 0.15) is 6.42 Å². The second kappa shape index (κ2) is 42.9. The lowest BCUT2D eigenvalue weighted by Crippen LogP contribution is -2.17. The van der Waals surface area contributed by atoms with Gasteiger partial charge in [0.25, 0.3) is 0 Å². The summed E-state index contributed by atoms with van der Waals surface area (Å²) >= 11 is 0.